The summed E-state index contributed by atoms with van der Waals surface area (Å²) in [6, 6.07) is 3.08. The number of rotatable bonds is 5. The molecule has 0 radical (unpaired) electrons. The fourth-order valence-corrected chi connectivity index (χ4v) is 4.24. The number of nitrogens with one attached hydrogen (secondary N) is 1. The second-order valence-corrected chi connectivity index (χ2v) is 7.68. The van der Waals surface area contributed by atoms with Crippen LogP contribution in [0.1, 0.15) is 55.1 Å². The van der Waals surface area contributed by atoms with Gasteiger partial charge >= 0.3 is 0 Å². The standard InChI is InChI=1S/C20H26N6O3/c27-17-6-3-5-16(17)26-19(28)8-7-18(24-26)25-11-2-1-4-14(25)12-23-20(29)15-13-21-9-10-22-15/h7-10,13-14,16-17,27H,1-6,11-12H2,(H,23,29). The Bertz CT molecular complexity index is 903. The summed E-state index contributed by atoms with van der Waals surface area (Å²) in [5.41, 5.74) is 0.0981. The van der Waals surface area contributed by atoms with E-state index in [0.717, 1.165) is 38.6 Å². The molecule has 4 rings (SSSR count). The smallest absolute Gasteiger partial charge is 0.271 e. The minimum absolute atomic E-state index is 0.0799. The highest BCUT2D eigenvalue weighted by Gasteiger charge is 2.30. The summed E-state index contributed by atoms with van der Waals surface area (Å²) in [7, 11) is 0. The number of piperidine rings is 1. The number of carbonyl (C=O) groups excluding carboxylic acids is 1. The van der Waals surface area contributed by atoms with Crippen LogP contribution in [0.2, 0.25) is 0 Å². The predicted octanol–water partition coefficient (Wildman–Crippen LogP) is 0.908. The lowest BCUT2D eigenvalue weighted by molar-refractivity contribution is 0.0944. The zero-order valence-electron chi connectivity index (χ0n) is 16.3. The summed E-state index contributed by atoms with van der Waals surface area (Å²) in [5, 5.41) is 17.7. The Morgan fingerprint density at radius 1 is 1.17 bits per heavy atom. The lowest BCUT2D eigenvalue weighted by Crippen LogP contribution is -2.48. The molecule has 29 heavy (non-hydrogen) atoms. The maximum absolute atomic E-state index is 12.3. The van der Waals surface area contributed by atoms with Crippen molar-refractivity contribution < 1.29 is 9.90 Å². The fourth-order valence-electron chi connectivity index (χ4n) is 4.24. The number of carbonyl (C=O) groups is 1. The number of hydrogen-bond acceptors (Lipinski definition) is 7. The first-order chi connectivity index (χ1) is 14.1. The van der Waals surface area contributed by atoms with Crippen molar-refractivity contribution in [3.05, 3.63) is 46.8 Å². The third-order valence-electron chi connectivity index (χ3n) is 5.78. The average molecular weight is 398 g/mol. The van der Waals surface area contributed by atoms with E-state index in [-0.39, 0.29) is 29.2 Å². The van der Waals surface area contributed by atoms with Gasteiger partial charge in [0.2, 0.25) is 0 Å². The molecule has 9 nitrogen and oxygen atoms in total. The van der Waals surface area contributed by atoms with Crippen LogP contribution in [0.25, 0.3) is 0 Å². The van der Waals surface area contributed by atoms with E-state index < -0.39 is 6.10 Å². The molecule has 2 aromatic rings. The average Bonchev–Trinajstić information content (AvgIpc) is 3.19. The number of nitrogens with zero attached hydrogens (tertiary/aromatic N) is 5. The van der Waals surface area contributed by atoms with Crippen LogP contribution in [-0.2, 0) is 0 Å². The Labute approximate surface area is 168 Å². The number of aliphatic hydroxyl groups excluding tert-OH is 1. The van der Waals surface area contributed by atoms with E-state index in [0.29, 0.717) is 18.8 Å². The molecule has 1 amide bonds. The maximum atomic E-state index is 12.3. The van der Waals surface area contributed by atoms with Gasteiger partial charge in [0.25, 0.3) is 11.5 Å². The molecule has 2 aliphatic rings. The van der Waals surface area contributed by atoms with Crippen molar-refractivity contribution in [3.63, 3.8) is 0 Å². The van der Waals surface area contributed by atoms with Gasteiger partial charge in [0.05, 0.1) is 18.3 Å². The summed E-state index contributed by atoms with van der Waals surface area (Å²) >= 11 is 0. The Kier molecular flexibility index (Phi) is 5.84. The van der Waals surface area contributed by atoms with Crippen LogP contribution in [0.5, 0.6) is 0 Å². The molecule has 9 heteroatoms. The van der Waals surface area contributed by atoms with Gasteiger partial charge in [0.1, 0.15) is 11.5 Å². The quantitative estimate of drug-likeness (QED) is 0.769. The third-order valence-corrected chi connectivity index (χ3v) is 5.78. The van der Waals surface area contributed by atoms with Crippen molar-refractivity contribution in [2.24, 2.45) is 0 Å². The van der Waals surface area contributed by atoms with E-state index >= 15 is 0 Å². The van der Waals surface area contributed by atoms with Gasteiger partial charge in [-0.05, 0) is 44.6 Å². The van der Waals surface area contributed by atoms with Gasteiger partial charge in [-0.25, -0.2) is 9.67 Å². The van der Waals surface area contributed by atoms with E-state index in [9.17, 15) is 14.7 Å². The van der Waals surface area contributed by atoms with Gasteiger partial charge in [-0.3, -0.25) is 14.6 Å². The molecule has 0 spiro atoms. The number of aliphatic hydroxyl groups is 1. The lowest BCUT2D eigenvalue weighted by Gasteiger charge is -2.37. The van der Waals surface area contributed by atoms with Gasteiger partial charge in [-0.1, -0.05) is 0 Å². The topological polar surface area (TPSA) is 113 Å². The minimum Gasteiger partial charge on any atom is -0.391 e. The Balaban J connectivity index is 1.50. The first-order valence-electron chi connectivity index (χ1n) is 10.2. The monoisotopic (exact) mass is 398 g/mol. The summed E-state index contributed by atoms with van der Waals surface area (Å²) in [6.45, 7) is 1.27. The second-order valence-electron chi connectivity index (χ2n) is 7.68. The van der Waals surface area contributed by atoms with E-state index in [1.165, 1.54) is 29.3 Å². The van der Waals surface area contributed by atoms with Crippen LogP contribution >= 0.6 is 0 Å². The van der Waals surface area contributed by atoms with Crippen molar-refractivity contribution in [1.29, 1.82) is 0 Å². The van der Waals surface area contributed by atoms with Gasteiger partial charge in [0.15, 0.2) is 0 Å². The van der Waals surface area contributed by atoms with Gasteiger partial charge in [0, 0.05) is 37.6 Å². The molecule has 1 aliphatic heterocycles. The first-order valence-corrected chi connectivity index (χ1v) is 10.2. The van der Waals surface area contributed by atoms with E-state index in [1.807, 2.05) is 0 Å². The van der Waals surface area contributed by atoms with Crippen LogP contribution < -0.4 is 15.8 Å². The molecular weight excluding hydrogens is 372 g/mol. The molecule has 0 aromatic carbocycles. The van der Waals surface area contributed by atoms with Crippen molar-refractivity contribution in [2.75, 3.05) is 18.0 Å². The number of anilines is 1. The fraction of sp³-hybridized carbons (Fsp3) is 0.550. The highest BCUT2D eigenvalue weighted by Crippen LogP contribution is 2.29. The normalized spacial score (nSPS) is 24.4. The van der Waals surface area contributed by atoms with Crippen LogP contribution in [0.4, 0.5) is 5.82 Å². The Morgan fingerprint density at radius 2 is 2.07 bits per heavy atom. The zero-order valence-corrected chi connectivity index (χ0v) is 16.3. The second kappa shape index (κ2) is 8.69. The molecule has 0 bridgehead atoms. The molecule has 3 heterocycles. The molecule has 154 valence electrons. The van der Waals surface area contributed by atoms with Crippen LogP contribution in [0, 0.1) is 0 Å². The van der Waals surface area contributed by atoms with Crippen molar-refractivity contribution in [1.82, 2.24) is 25.1 Å². The van der Waals surface area contributed by atoms with E-state index in [1.54, 1.807) is 6.07 Å². The molecule has 2 N–H and O–H groups in total. The zero-order chi connectivity index (χ0) is 20.2. The first kappa shape index (κ1) is 19.5. The molecule has 3 atom stereocenters. The van der Waals surface area contributed by atoms with Crippen LogP contribution in [0.3, 0.4) is 0 Å². The summed E-state index contributed by atoms with van der Waals surface area (Å²) < 4.78 is 1.44. The summed E-state index contributed by atoms with van der Waals surface area (Å²) in [5.74, 6) is 0.456. The summed E-state index contributed by atoms with van der Waals surface area (Å²) in [4.78, 5) is 34.8. The molecule has 3 unspecified atom stereocenters. The van der Waals surface area contributed by atoms with Crippen LogP contribution in [-0.4, -0.2) is 56.0 Å². The Morgan fingerprint density at radius 3 is 2.83 bits per heavy atom. The van der Waals surface area contributed by atoms with Crippen LogP contribution in [0.15, 0.2) is 35.5 Å². The highest BCUT2D eigenvalue weighted by atomic mass is 16.3. The van der Waals surface area contributed by atoms with Gasteiger partial charge in [-0.2, -0.15) is 5.10 Å². The Hall–Kier alpha value is -2.81. The highest BCUT2D eigenvalue weighted by molar-refractivity contribution is 5.91. The molecular formula is C20H26N6O3. The molecule has 2 fully saturated rings. The predicted molar refractivity (Wildman–Crippen MR) is 107 cm³/mol. The van der Waals surface area contributed by atoms with Crippen molar-refractivity contribution in [2.45, 2.75) is 56.7 Å². The molecule has 2 aromatic heterocycles. The molecule has 1 saturated carbocycles. The third kappa shape index (κ3) is 4.29. The number of hydrogen-bond donors (Lipinski definition) is 2. The maximum Gasteiger partial charge on any atom is 0.271 e. The van der Waals surface area contributed by atoms with Gasteiger partial charge in [-0.15, -0.1) is 0 Å². The summed E-state index contributed by atoms with van der Waals surface area (Å²) in [6.07, 6.45) is 9.31. The molecule has 1 saturated heterocycles. The van der Waals surface area contributed by atoms with Crippen molar-refractivity contribution >= 4 is 11.7 Å². The largest absolute Gasteiger partial charge is 0.391 e. The van der Waals surface area contributed by atoms with E-state index in [4.69, 9.17) is 0 Å². The SMILES string of the molecule is O=C(NCC1CCCCN1c1ccc(=O)n(C2CCCC2O)n1)c1cnccn1. The van der Waals surface area contributed by atoms with E-state index in [2.05, 4.69) is 25.3 Å². The molecule has 1 aliphatic carbocycles. The van der Waals surface area contributed by atoms with Gasteiger partial charge < -0.3 is 15.3 Å². The lowest BCUT2D eigenvalue weighted by atomic mass is 10.0. The van der Waals surface area contributed by atoms with Crippen molar-refractivity contribution in [3.8, 4) is 0 Å². The minimum atomic E-state index is -0.529. The number of aromatic nitrogens is 4. The number of amides is 1.